The average molecular weight is 312 g/mol. The fraction of sp³-hybridized carbons (Fsp3) is 0.500. The first-order chi connectivity index (χ1) is 10.9. The van der Waals surface area contributed by atoms with E-state index in [2.05, 4.69) is 38.3 Å². The lowest BCUT2D eigenvalue weighted by molar-refractivity contribution is 0.299. The second-order valence-corrected chi connectivity index (χ2v) is 8.24. The van der Waals surface area contributed by atoms with E-state index in [0.29, 0.717) is 11.3 Å². The summed E-state index contributed by atoms with van der Waals surface area (Å²) in [6, 6.07) is 5.14. The lowest BCUT2D eigenvalue weighted by Gasteiger charge is -2.40. The molecule has 23 heavy (non-hydrogen) atoms. The summed E-state index contributed by atoms with van der Waals surface area (Å²) in [5.41, 5.74) is 7.83. The van der Waals surface area contributed by atoms with Gasteiger partial charge in [-0.25, -0.2) is 4.39 Å². The van der Waals surface area contributed by atoms with Crippen molar-refractivity contribution in [1.29, 1.82) is 0 Å². The van der Waals surface area contributed by atoms with Crippen LogP contribution in [0.25, 0.3) is 0 Å². The quantitative estimate of drug-likeness (QED) is 0.738. The lowest BCUT2D eigenvalue weighted by Crippen LogP contribution is -2.34. The zero-order chi connectivity index (χ0) is 16.4. The zero-order valence-corrected chi connectivity index (χ0v) is 14.4. The Morgan fingerprint density at radius 1 is 1.22 bits per heavy atom. The lowest BCUT2D eigenvalue weighted by atomic mass is 9.70. The fourth-order valence-electron chi connectivity index (χ4n) is 4.28. The summed E-state index contributed by atoms with van der Waals surface area (Å²) in [4.78, 5) is 0. The first kappa shape index (κ1) is 14.8. The summed E-state index contributed by atoms with van der Waals surface area (Å²) in [7, 11) is 0. The van der Waals surface area contributed by atoms with Crippen LogP contribution in [0.3, 0.4) is 0 Å². The molecule has 2 aliphatic heterocycles. The highest BCUT2D eigenvalue weighted by Crippen LogP contribution is 2.53. The second-order valence-electron chi connectivity index (χ2n) is 8.24. The van der Waals surface area contributed by atoms with E-state index in [1.54, 1.807) is 12.1 Å². The van der Waals surface area contributed by atoms with Crippen LogP contribution in [0.5, 0.6) is 0 Å². The van der Waals surface area contributed by atoms with E-state index in [0.717, 1.165) is 24.1 Å². The Morgan fingerprint density at radius 2 is 2.00 bits per heavy atom. The summed E-state index contributed by atoms with van der Waals surface area (Å²) >= 11 is 0. The highest BCUT2D eigenvalue weighted by molar-refractivity contribution is 5.70. The van der Waals surface area contributed by atoms with E-state index in [4.69, 9.17) is 0 Å². The standard InChI is InChI=1S/C20H25FN2/c1-11(2)18-19-17(14-9-12(21)5-6-15(14)22-19)13-7-8-20(3,4)10-16(13)23-18/h5-6,9,11,17,22-23H,7-8,10H2,1-4H3. The van der Waals surface area contributed by atoms with Gasteiger partial charge in [-0.15, -0.1) is 0 Å². The van der Waals surface area contributed by atoms with E-state index in [-0.39, 0.29) is 11.7 Å². The molecule has 1 aromatic rings. The molecule has 0 bridgehead atoms. The molecule has 0 amide bonds. The molecule has 1 aromatic carbocycles. The Morgan fingerprint density at radius 3 is 2.74 bits per heavy atom. The van der Waals surface area contributed by atoms with Crippen LogP contribution in [0.2, 0.25) is 0 Å². The normalized spacial score (nSPS) is 24.9. The van der Waals surface area contributed by atoms with Crippen LogP contribution in [0, 0.1) is 17.2 Å². The Bertz CT molecular complexity index is 740. The molecule has 1 unspecified atom stereocenters. The van der Waals surface area contributed by atoms with Gasteiger partial charge in [-0.3, -0.25) is 0 Å². The zero-order valence-electron chi connectivity index (χ0n) is 14.4. The molecule has 122 valence electrons. The number of halogens is 1. The molecule has 4 rings (SSSR count). The van der Waals surface area contributed by atoms with Crippen LogP contribution >= 0.6 is 0 Å². The number of hydrogen-bond acceptors (Lipinski definition) is 2. The number of benzene rings is 1. The Kier molecular flexibility index (Phi) is 3.13. The topological polar surface area (TPSA) is 24.1 Å². The number of dihydropyridines is 1. The average Bonchev–Trinajstić information content (AvgIpc) is 2.83. The maximum atomic E-state index is 13.8. The molecule has 0 fully saturated rings. The molecular formula is C20H25FN2. The van der Waals surface area contributed by atoms with Crippen molar-refractivity contribution < 1.29 is 4.39 Å². The number of nitrogens with one attached hydrogen (secondary N) is 2. The first-order valence-electron chi connectivity index (χ1n) is 8.65. The van der Waals surface area contributed by atoms with Crippen molar-refractivity contribution >= 4 is 5.69 Å². The van der Waals surface area contributed by atoms with Gasteiger partial charge in [0.15, 0.2) is 0 Å². The minimum absolute atomic E-state index is 0.144. The number of hydrogen-bond donors (Lipinski definition) is 2. The third kappa shape index (κ3) is 2.29. The van der Waals surface area contributed by atoms with Crippen LogP contribution in [0.15, 0.2) is 40.9 Å². The summed E-state index contributed by atoms with van der Waals surface area (Å²) in [5, 5.41) is 7.30. The molecule has 1 aliphatic carbocycles. The highest BCUT2D eigenvalue weighted by atomic mass is 19.1. The van der Waals surface area contributed by atoms with Crippen LogP contribution < -0.4 is 10.6 Å². The van der Waals surface area contributed by atoms with Gasteiger partial charge < -0.3 is 10.6 Å². The number of rotatable bonds is 1. The molecule has 2 nitrogen and oxygen atoms in total. The minimum atomic E-state index is -0.144. The molecule has 2 heterocycles. The van der Waals surface area contributed by atoms with Crippen LogP contribution in [0.4, 0.5) is 10.1 Å². The third-order valence-electron chi connectivity index (χ3n) is 5.50. The van der Waals surface area contributed by atoms with Crippen molar-refractivity contribution in [1.82, 2.24) is 5.32 Å². The molecule has 0 saturated carbocycles. The molecule has 2 N–H and O–H groups in total. The van der Waals surface area contributed by atoms with E-state index in [1.165, 1.54) is 29.1 Å². The Balaban J connectivity index is 1.87. The van der Waals surface area contributed by atoms with Crippen LogP contribution in [0.1, 0.15) is 58.4 Å². The van der Waals surface area contributed by atoms with Gasteiger partial charge in [0.2, 0.25) is 0 Å². The van der Waals surface area contributed by atoms with Gasteiger partial charge in [-0.1, -0.05) is 27.7 Å². The summed E-state index contributed by atoms with van der Waals surface area (Å²) < 4.78 is 13.8. The second kappa shape index (κ2) is 4.86. The van der Waals surface area contributed by atoms with Gasteiger partial charge in [-0.2, -0.15) is 0 Å². The number of anilines is 1. The van der Waals surface area contributed by atoms with E-state index in [1.807, 2.05) is 6.07 Å². The molecular weight excluding hydrogens is 287 g/mol. The molecule has 0 radical (unpaired) electrons. The first-order valence-corrected chi connectivity index (χ1v) is 8.65. The maximum absolute atomic E-state index is 13.8. The molecule has 0 saturated heterocycles. The summed E-state index contributed by atoms with van der Waals surface area (Å²) in [6.45, 7) is 9.12. The Labute approximate surface area is 137 Å². The molecule has 0 aromatic heterocycles. The number of allylic oxidation sites excluding steroid dienone is 3. The Hall–Kier alpha value is -1.77. The van der Waals surface area contributed by atoms with E-state index < -0.39 is 0 Å². The molecule has 3 heteroatoms. The SMILES string of the molecule is CC(C)C1=C2Nc3ccc(F)cc3C2C2=C(CC(C)(C)CC2)N1. The third-order valence-corrected chi connectivity index (χ3v) is 5.50. The van der Waals surface area contributed by atoms with Crippen molar-refractivity contribution in [2.24, 2.45) is 11.3 Å². The monoisotopic (exact) mass is 312 g/mol. The van der Waals surface area contributed by atoms with E-state index in [9.17, 15) is 4.39 Å². The van der Waals surface area contributed by atoms with Crippen molar-refractivity contribution in [3.05, 3.63) is 52.2 Å². The van der Waals surface area contributed by atoms with Gasteiger partial charge in [0.1, 0.15) is 5.82 Å². The van der Waals surface area contributed by atoms with Crippen molar-refractivity contribution in [2.45, 2.75) is 52.9 Å². The van der Waals surface area contributed by atoms with Crippen molar-refractivity contribution in [3.8, 4) is 0 Å². The predicted molar refractivity (Wildman–Crippen MR) is 92.4 cm³/mol. The van der Waals surface area contributed by atoms with Crippen LogP contribution in [-0.2, 0) is 0 Å². The van der Waals surface area contributed by atoms with E-state index >= 15 is 0 Å². The summed E-state index contributed by atoms with van der Waals surface area (Å²) in [6.07, 6.45) is 3.36. The van der Waals surface area contributed by atoms with Gasteiger partial charge in [0, 0.05) is 22.8 Å². The van der Waals surface area contributed by atoms with Gasteiger partial charge in [0.25, 0.3) is 0 Å². The minimum Gasteiger partial charge on any atom is -0.361 e. The maximum Gasteiger partial charge on any atom is 0.123 e. The predicted octanol–water partition coefficient (Wildman–Crippen LogP) is 5.27. The molecule has 3 aliphatic rings. The molecule has 1 atom stereocenters. The largest absolute Gasteiger partial charge is 0.361 e. The van der Waals surface area contributed by atoms with Gasteiger partial charge in [-0.05, 0) is 59.9 Å². The fourth-order valence-corrected chi connectivity index (χ4v) is 4.28. The number of fused-ring (bicyclic) bond motifs is 4. The van der Waals surface area contributed by atoms with Crippen molar-refractivity contribution in [2.75, 3.05) is 5.32 Å². The van der Waals surface area contributed by atoms with Gasteiger partial charge in [0.05, 0.1) is 5.92 Å². The molecule has 0 spiro atoms. The van der Waals surface area contributed by atoms with Crippen molar-refractivity contribution in [3.63, 3.8) is 0 Å². The van der Waals surface area contributed by atoms with Crippen LogP contribution in [-0.4, -0.2) is 0 Å². The summed E-state index contributed by atoms with van der Waals surface area (Å²) in [5.74, 6) is 0.485. The smallest absolute Gasteiger partial charge is 0.123 e. The van der Waals surface area contributed by atoms with Gasteiger partial charge >= 0.3 is 0 Å². The highest BCUT2D eigenvalue weighted by Gasteiger charge is 2.41.